The SMILES string of the molecule is C[C@H]1CCCC[C@H]1NC(=O)c1cc2ccc(CO)cc2[nH]1. The Balaban J connectivity index is 1.77. The zero-order valence-electron chi connectivity index (χ0n) is 12.4. The number of hydrogen-bond donors (Lipinski definition) is 3. The predicted octanol–water partition coefficient (Wildman–Crippen LogP) is 2.97. The van der Waals surface area contributed by atoms with Gasteiger partial charge in [-0.25, -0.2) is 0 Å². The summed E-state index contributed by atoms with van der Waals surface area (Å²) in [6.45, 7) is 2.22. The van der Waals surface area contributed by atoms with Crippen LogP contribution in [0.2, 0.25) is 0 Å². The van der Waals surface area contributed by atoms with Crippen molar-refractivity contribution in [3.05, 3.63) is 35.5 Å². The molecule has 1 aromatic heterocycles. The molecule has 4 nitrogen and oxygen atoms in total. The molecule has 2 aromatic rings. The van der Waals surface area contributed by atoms with E-state index in [1.54, 1.807) is 0 Å². The third kappa shape index (κ3) is 2.95. The van der Waals surface area contributed by atoms with Gasteiger partial charge in [0.1, 0.15) is 5.69 Å². The molecule has 112 valence electrons. The molecule has 1 fully saturated rings. The van der Waals surface area contributed by atoms with Crippen LogP contribution in [0.4, 0.5) is 0 Å². The molecule has 0 radical (unpaired) electrons. The molecule has 1 saturated carbocycles. The van der Waals surface area contributed by atoms with Gasteiger partial charge in [0, 0.05) is 16.9 Å². The normalized spacial score (nSPS) is 22.4. The summed E-state index contributed by atoms with van der Waals surface area (Å²) in [5.74, 6) is 0.517. The van der Waals surface area contributed by atoms with Gasteiger partial charge in [0.25, 0.3) is 5.91 Å². The van der Waals surface area contributed by atoms with E-state index in [2.05, 4.69) is 17.2 Å². The first kappa shape index (κ1) is 14.1. The largest absolute Gasteiger partial charge is 0.392 e. The second-order valence-corrected chi connectivity index (χ2v) is 6.10. The number of aromatic amines is 1. The number of aliphatic hydroxyl groups is 1. The van der Waals surface area contributed by atoms with Crippen molar-refractivity contribution in [3.8, 4) is 0 Å². The average molecular weight is 286 g/mol. The Bertz CT molecular complexity index is 647. The fourth-order valence-corrected chi connectivity index (χ4v) is 3.17. The van der Waals surface area contributed by atoms with E-state index in [0.29, 0.717) is 11.6 Å². The lowest BCUT2D eigenvalue weighted by atomic mass is 9.86. The molecule has 3 N–H and O–H groups in total. The van der Waals surface area contributed by atoms with E-state index in [0.717, 1.165) is 22.9 Å². The summed E-state index contributed by atoms with van der Waals surface area (Å²) in [5.41, 5.74) is 2.33. The Morgan fingerprint density at radius 2 is 2.14 bits per heavy atom. The minimum Gasteiger partial charge on any atom is -0.392 e. The minimum absolute atomic E-state index is 0.01000. The Labute approximate surface area is 124 Å². The van der Waals surface area contributed by atoms with E-state index in [4.69, 9.17) is 5.11 Å². The van der Waals surface area contributed by atoms with Gasteiger partial charge in [-0.1, -0.05) is 31.9 Å². The number of carbonyl (C=O) groups excluding carboxylic acids is 1. The molecule has 1 aromatic carbocycles. The number of benzene rings is 1. The molecule has 0 aliphatic heterocycles. The Kier molecular flexibility index (Phi) is 3.97. The van der Waals surface area contributed by atoms with Crippen molar-refractivity contribution in [1.29, 1.82) is 0 Å². The molecule has 1 amide bonds. The predicted molar refractivity (Wildman–Crippen MR) is 83.1 cm³/mol. The van der Waals surface area contributed by atoms with Gasteiger partial charge in [0.2, 0.25) is 0 Å². The molecule has 1 aliphatic rings. The van der Waals surface area contributed by atoms with Gasteiger partial charge in [0.15, 0.2) is 0 Å². The molecule has 21 heavy (non-hydrogen) atoms. The Hall–Kier alpha value is -1.81. The van der Waals surface area contributed by atoms with Crippen LogP contribution in [-0.2, 0) is 6.61 Å². The smallest absolute Gasteiger partial charge is 0.267 e. The lowest BCUT2D eigenvalue weighted by Crippen LogP contribution is -2.41. The maximum atomic E-state index is 12.4. The second-order valence-electron chi connectivity index (χ2n) is 6.10. The fourth-order valence-electron chi connectivity index (χ4n) is 3.17. The van der Waals surface area contributed by atoms with Crippen molar-refractivity contribution in [2.45, 2.75) is 45.3 Å². The van der Waals surface area contributed by atoms with Crippen LogP contribution in [0, 0.1) is 5.92 Å². The van der Waals surface area contributed by atoms with Crippen molar-refractivity contribution < 1.29 is 9.90 Å². The standard InChI is InChI=1S/C17H22N2O2/c1-11-4-2-3-5-14(11)19-17(21)16-9-13-7-6-12(10-20)8-15(13)18-16/h6-9,11,14,18,20H,2-5,10H2,1H3,(H,19,21)/t11-,14+/m0/s1. The molecule has 0 saturated heterocycles. The number of aromatic nitrogens is 1. The van der Waals surface area contributed by atoms with Crippen molar-refractivity contribution >= 4 is 16.8 Å². The highest BCUT2D eigenvalue weighted by molar-refractivity contribution is 5.98. The van der Waals surface area contributed by atoms with Gasteiger partial charge in [-0.05, 0) is 36.5 Å². The van der Waals surface area contributed by atoms with Gasteiger partial charge in [-0.2, -0.15) is 0 Å². The first-order chi connectivity index (χ1) is 10.2. The van der Waals surface area contributed by atoms with E-state index in [1.807, 2.05) is 24.3 Å². The molecule has 4 heteroatoms. The number of hydrogen-bond acceptors (Lipinski definition) is 2. The molecular formula is C17H22N2O2. The zero-order valence-corrected chi connectivity index (χ0v) is 12.4. The summed E-state index contributed by atoms with van der Waals surface area (Å²) in [6.07, 6.45) is 4.73. The molecule has 0 bridgehead atoms. The van der Waals surface area contributed by atoms with Crippen LogP contribution in [-0.4, -0.2) is 22.0 Å². The quantitative estimate of drug-likeness (QED) is 0.812. The van der Waals surface area contributed by atoms with Crippen LogP contribution in [0.1, 0.15) is 48.7 Å². The third-order valence-electron chi connectivity index (χ3n) is 4.54. The van der Waals surface area contributed by atoms with Crippen molar-refractivity contribution in [2.24, 2.45) is 5.92 Å². The Morgan fingerprint density at radius 3 is 2.90 bits per heavy atom. The first-order valence-corrected chi connectivity index (χ1v) is 7.71. The first-order valence-electron chi connectivity index (χ1n) is 7.71. The van der Waals surface area contributed by atoms with E-state index in [-0.39, 0.29) is 18.6 Å². The van der Waals surface area contributed by atoms with Crippen LogP contribution < -0.4 is 5.32 Å². The van der Waals surface area contributed by atoms with Gasteiger partial charge in [-0.3, -0.25) is 4.79 Å². The fraction of sp³-hybridized carbons (Fsp3) is 0.471. The number of H-pyrrole nitrogens is 1. The van der Waals surface area contributed by atoms with Crippen LogP contribution in [0.5, 0.6) is 0 Å². The molecule has 3 rings (SSSR count). The number of nitrogens with one attached hydrogen (secondary N) is 2. The summed E-state index contributed by atoms with van der Waals surface area (Å²) < 4.78 is 0. The monoisotopic (exact) mass is 286 g/mol. The highest BCUT2D eigenvalue weighted by Gasteiger charge is 2.23. The molecular weight excluding hydrogens is 264 g/mol. The molecule has 1 heterocycles. The summed E-state index contributed by atoms with van der Waals surface area (Å²) in [4.78, 5) is 15.5. The maximum Gasteiger partial charge on any atom is 0.267 e. The highest BCUT2D eigenvalue weighted by atomic mass is 16.3. The van der Waals surface area contributed by atoms with E-state index >= 15 is 0 Å². The number of aliphatic hydroxyl groups excluding tert-OH is 1. The van der Waals surface area contributed by atoms with Crippen LogP contribution in [0.15, 0.2) is 24.3 Å². The van der Waals surface area contributed by atoms with Gasteiger partial charge in [0.05, 0.1) is 6.61 Å². The van der Waals surface area contributed by atoms with Gasteiger partial charge >= 0.3 is 0 Å². The van der Waals surface area contributed by atoms with Crippen molar-refractivity contribution in [2.75, 3.05) is 0 Å². The van der Waals surface area contributed by atoms with Crippen LogP contribution in [0.3, 0.4) is 0 Å². The molecule has 2 atom stereocenters. The van der Waals surface area contributed by atoms with Gasteiger partial charge in [-0.15, -0.1) is 0 Å². The zero-order chi connectivity index (χ0) is 14.8. The average Bonchev–Trinajstić information content (AvgIpc) is 2.92. The highest BCUT2D eigenvalue weighted by Crippen LogP contribution is 2.24. The number of amides is 1. The van der Waals surface area contributed by atoms with E-state index < -0.39 is 0 Å². The summed E-state index contributed by atoms with van der Waals surface area (Å²) in [6, 6.07) is 7.85. The number of fused-ring (bicyclic) bond motifs is 1. The van der Waals surface area contributed by atoms with Crippen LogP contribution >= 0.6 is 0 Å². The second kappa shape index (κ2) is 5.90. The van der Waals surface area contributed by atoms with Crippen molar-refractivity contribution in [1.82, 2.24) is 10.3 Å². The minimum atomic E-state index is -0.0319. The lowest BCUT2D eigenvalue weighted by molar-refractivity contribution is 0.0906. The summed E-state index contributed by atoms with van der Waals surface area (Å²) >= 11 is 0. The van der Waals surface area contributed by atoms with E-state index in [1.165, 1.54) is 19.3 Å². The van der Waals surface area contributed by atoms with Crippen molar-refractivity contribution in [3.63, 3.8) is 0 Å². The molecule has 1 aliphatic carbocycles. The molecule has 0 spiro atoms. The Morgan fingerprint density at radius 1 is 1.33 bits per heavy atom. The van der Waals surface area contributed by atoms with Gasteiger partial charge < -0.3 is 15.4 Å². The topological polar surface area (TPSA) is 65.1 Å². The van der Waals surface area contributed by atoms with E-state index in [9.17, 15) is 4.79 Å². The lowest BCUT2D eigenvalue weighted by Gasteiger charge is -2.29. The van der Waals surface area contributed by atoms with Crippen LogP contribution in [0.25, 0.3) is 10.9 Å². The maximum absolute atomic E-state index is 12.4. The number of rotatable bonds is 3. The third-order valence-corrected chi connectivity index (χ3v) is 4.54. The number of carbonyl (C=O) groups is 1. The summed E-state index contributed by atoms with van der Waals surface area (Å²) in [7, 11) is 0. The molecule has 0 unspecified atom stereocenters. The summed E-state index contributed by atoms with van der Waals surface area (Å²) in [5, 5.41) is 13.3.